The minimum atomic E-state index is 0.288. The van der Waals surface area contributed by atoms with Gasteiger partial charge in [0.05, 0.1) is 12.8 Å². The standard InChI is InChI=1S/C11H16N2O2/c1-15-9-2-3-10(11(14)8-9)13-6-4-12-5-7-13/h2-3,8,12,14H,4-7H2,1H3. The highest BCUT2D eigenvalue weighted by Crippen LogP contribution is 2.31. The van der Waals surface area contributed by atoms with Crippen molar-refractivity contribution in [2.24, 2.45) is 0 Å². The molecule has 4 nitrogen and oxygen atoms in total. The van der Waals surface area contributed by atoms with Crippen molar-refractivity contribution in [3.8, 4) is 11.5 Å². The molecule has 82 valence electrons. The molecule has 0 radical (unpaired) electrons. The number of nitrogens with one attached hydrogen (secondary N) is 1. The summed E-state index contributed by atoms with van der Waals surface area (Å²) in [4.78, 5) is 2.17. The first-order chi connectivity index (χ1) is 7.31. The third-order valence-electron chi connectivity index (χ3n) is 2.64. The molecular weight excluding hydrogens is 192 g/mol. The quantitative estimate of drug-likeness (QED) is 0.755. The van der Waals surface area contributed by atoms with Gasteiger partial charge in [0.15, 0.2) is 0 Å². The lowest BCUT2D eigenvalue weighted by Gasteiger charge is -2.29. The van der Waals surface area contributed by atoms with Crippen LogP contribution in [0.15, 0.2) is 18.2 Å². The fourth-order valence-electron chi connectivity index (χ4n) is 1.80. The molecule has 15 heavy (non-hydrogen) atoms. The molecular formula is C11H16N2O2. The number of benzene rings is 1. The van der Waals surface area contributed by atoms with Gasteiger partial charge in [0, 0.05) is 32.2 Å². The normalized spacial score (nSPS) is 16.5. The Balaban J connectivity index is 2.19. The molecule has 1 aliphatic heterocycles. The van der Waals surface area contributed by atoms with Crippen LogP contribution in [-0.2, 0) is 0 Å². The summed E-state index contributed by atoms with van der Waals surface area (Å²) < 4.78 is 5.05. The first kappa shape index (κ1) is 10.1. The van der Waals surface area contributed by atoms with Gasteiger partial charge in [-0.15, -0.1) is 0 Å². The maximum atomic E-state index is 9.83. The van der Waals surface area contributed by atoms with E-state index in [0.717, 1.165) is 31.9 Å². The van der Waals surface area contributed by atoms with Crippen LogP contribution in [0.2, 0.25) is 0 Å². The number of aromatic hydroxyl groups is 1. The van der Waals surface area contributed by atoms with Crippen molar-refractivity contribution in [3.05, 3.63) is 18.2 Å². The number of anilines is 1. The molecule has 1 aliphatic rings. The Hall–Kier alpha value is -1.42. The van der Waals surface area contributed by atoms with Crippen molar-refractivity contribution in [2.45, 2.75) is 0 Å². The predicted molar refractivity (Wildman–Crippen MR) is 59.7 cm³/mol. The van der Waals surface area contributed by atoms with Crippen molar-refractivity contribution >= 4 is 5.69 Å². The zero-order chi connectivity index (χ0) is 10.7. The van der Waals surface area contributed by atoms with Gasteiger partial charge in [-0.05, 0) is 12.1 Å². The number of nitrogens with zero attached hydrogens (tertiary/aromatic N) is 1. The van der Waals surface area contributed by atoms with Crippen LogP contribution in [0.25, 0.3) is 0 Å². The molecule has 0 aromatic heterocycles. The van der Waals surface area contributed by atoms with Crippen molar-refractivity contribution in [3.63, 3.8) is 0 Å². The van der Waals surface area contributed by atoms with E-state index in [4.69, 9.17) is 4.74 Å². The van der Waals surface area contributed by atoms with Gasteiger partial charge in [-0.3, -0.25) is 0 Å². The highest BCUT2D eigenvalue weighted by molar-refractivity contribution is 5.60. The van der Waals surface area contributed by atoms with Crippen molar-refractivity contribution < 1.29 is 9.84 Å². The van der Waals surface area contributed by atoms with Crippen molar-refractivity contribution in [1.29, 1.82) is 0 Å². The minimum Gasteiger partial charge on any atom is -0.506 e. The SMILES string of the molecule is COc1ccc(N2CCNCC2)c(O)c1. The molecule has 0 spiro atoms. The number of phenolic OH excluding ortho intramolecular Hbond substituents is 1. The van der Waals surface area contributed by atoms with E-state index in [0.29, 0.717) is 5.75 Å². The van der Waals surface area contributed by atoms with Crippen LogP contribution in [-0.4, -0.2) is 38.4 Å². The monoisotopic (exact) mass is 208 g/mol. The van der Waals surface area contributed by atoms with Crippen LogP contribution in [0, 0.1) is 0 Å². The molecule has 1 aromatic rings. The van der Waals surface area contributed by atoms with Gasteiger partial charge in [0.25, 0.3) is 0 Å². The van der Waals surface area contributed by atoms with E-state index in [9.17, 15) is 5.11 Å². The first-order valence-corrected chi connectivity index (χ1v) is 5.14. The van der Waals surface area contributed by atoms with E-state index < -0.39 is 0 Å². The summed E-state index contributed by atoms with van der Waals surface area (Å²) in [6, 6.07) is 5.42. The van der Waals surface area contributed by atoms with E-state index in [2.05, 4.69) is 10.2 Å². The number of methoxy groups -OCH3 is 1. The number of rotatable bonds is 2. The Morgan fingerprint density at radius 3 is 2.67 bits per heavy atom. The summed E-state index contributed by atoms with van der Waals surface area (Å²) in [6.45, 7) is 3.79. The van der Waals surface area contributed by atoms with E-state index in [1.165, 1.54) is 0 Å². The molecule has 4 heteroatoms. The van der Waals surface area contributed by atoms with Crippen LogP contribution in [0.5, 0.6) is 11.5 Å². The maximum absolute atomic E-state index is 9.83. The van der Waals surface area contributed by atoms with Crippen LogP contribution in [0.1, 0.15) is 0 Å². The Morgan fingerprint density at radius 2 is 2.07 bits per heavy atom. The summed E-state index contributed by atoms with van der Waals surface area (Å²) in [5.74, 6) is 0.975. The summed E-state index contributed by atoms with van der Waals surface area (Å²) in [7, 11) is 1.60. The molecule has 1 fully saturated rings. The van der Waals surface area contributed by atoms with Gasteiger partial charge in [-0.25, -0.2) is 0 Å². The van der Waals surface area contributed by atoms with Gasteiger partial charge in [-0.2, -0.15) is 0 Å². The fourth-order valence-corrected chi connectivity index (χ4v) is 1.80. The third kappa shape index (κ3) is 2.15. The molecule has 0 aliphatic carbocycles. The zero-order valence-electron chi connectivity index (χ0n) is 8.86. The Kier molecular flexibility index (Phi) is 2.97. The van der Waals surface area contributed by atoms with Crippen LogP contribution in [0.4, 0.5) is 5.69 Å². The van der Waals surface area contributed by atoms with Gasteiger partial charge in [0.1, 0.15) is 11.5 Å². The molecule has 1 saturated heterocycles. The van der Waals surface area contributed by atoms with E-state index >= 15 is 0 Å². The molecule has 0 unspecified atom stereocenters. The van der Waals surface area contributed by atoms with Crippen molar-refractivity contribution in [2.75, 3.05) is 38.2 Å². The average Bonchev–Trinajstić information content (AvgIpc) is 2.30. The molecule has 2 rings (SSSR count). The highest BCUT2D eigenvalue weighted by atomic mass is 16.5. The van der Waals surface area contributed by atoms with Crippen LogP contribution >= 0.6 is 0 Å². The smallest absolute Gasteiger partial charge is 0.142 e. The Labute approximate surface area is 89.5 Å². The van der Waals surface area contributed by atoms with E-state index in [1.807, 2.05) is 12.1 Å². The van der Waals surface area contributed by atoms with Crippen LogP contribution in [0.3, 0.4) is 0 Å². The number of ether oxygens (including phenoxy) is 1. The average molecular weight is 208 g/mol. The molecule has 0 saturated carbocycles. The molecule has 0 atom stereocenters. The molecule has 0 bridgehead atoms. The Morgan fingerprint density at radius 1 is 1.33 bits per heavy atom. The zero-order valence-corrected chi connectivity index (χ0v) is 8.86. The lowest BCUT2D eigenvalue weighted by Crippen LogP contribution is -2.43. The van der Waals surface area contributed by atoms with Gasteiger partial charge in [-0.1, -0.05) is 0 Å². The number of hydrogen-bond acceptors (Lipinski definition) is 4. The fraction of sp³-hybridized carbons (Fsp3) is 0.455. The summed E-state index contributed by atoms with van der Waals surface area (Å²) in [6.07, 6.45) is 0. The molecule has 1 heterocycles. The lowest BCUT2D eigenvalue weighted by atomic mass is 10.2. The van der Waals surface area contributed by atoms with Crippen LogP contribution < -0.4 is 15.0 Å². The van der Waals surface area contributed by atoms with Gasteiger partial charge >= 0.3 is 0 Å². The second-order valence-electron chi connectivity index (χ2n) is 3.59. The van der Waals surface area contributed by atoms with Gasteiger partial charge in [0.2, 0.25) is 0 Å². The highest BCUT2D eigenvalue weighted by Gasteiger charge is 2.14. The number of piperazine rings is 1. The second-order valence-corrected chi connectivity index (χ2v) is 3.59. The first-order valence-electron chi connectivity index (χ1n) is 5.14. The lowest BCUT2D eigenvalue weighted by molar-refractivity contribution is 0.407. The summed E-state index contributed by atoms with van der Waals surface area (Å²) >= 11 is 0. The summed E-state index contributed by atoms with van der Waals surface area (Å²) in [5, 5.41) is 13.1. The van der Waals surface area contributed by atoms with Crippen molar-refractivity contribution in [1.82, 2.24) is 5.32 Å². The largest absolute Gasteiger partial charge is 0.506 e. The third-order valence-corrected chi connectivity index (χ3v) is 2.64. The predicted octanol–water partition coefficient (Wildman–Crippen LogP) is 0.810. The Bertz CT molecular complexity index is 335. The number of phenols is 1. The van der Waals surface area contributed by atoms with E-state index in [1.54, 1.807) is 13.2 Å². The van der Waals surface area contributed by atoms with Gasteiger partial charge < -0.3 is 20.1 Å². The molecule has 1 aromatic carbocycles. The topological polar surface area (TPSA) is 44.7 Å². The summed E-state index contributed by atoms with van der Waals surface area (Å²) in [5.41, 5.74) is 0.886. The maximum Gasteiger partial charge on any atom is 0.142 e. The van der Waals surface area contributed by atoms with E-state index in [-0.39, 0.29) is 5.75 Å². The number of hydrogen-bond donors (Lipinski definition) is 2. The second kappa shape index (κ2) is 4.40. The molecule has 2 N–H and O–H groups in total. The minimum absolute atomic E-state index is 0.288. The molecule has 0 amide bonds.